The van der Waals surface area contributed by atoms with Crippen LogP contribution in [0.5, 0.6) is 5.75 Å². The molecule has 1 saturated heterocycles. The normalized spacial score (nSPS) is 16.4. The molecule has 2 heterocycles. The fourth-order valence-electron chi connectivity index (χ4n) is 3.15. The summed E-state index contributed by atoms with van der Waals surface area (Å²) in [6, 6.07) is 14.4. The van der Waals surface area contributed by atoms with E-state index in [-0.39, 0.29) is 34.9 Å². The maximum Gasteiger partial charge on any atom is 0.286 e. The topological polar surface area (TPSA) is 111 Å². The minimum atomic E-state index is -0.507. The van der Waals surface area contributed by atoms with Crippen molar-refractivity contribution in [1.29, 1.82) is 0 Å². The second-order valence-corrected chi connectivity index (χ2v) is 7.72. The van der Waals surface area contributed by atoms with Gasteiger partial charge in [0, 0.05) is 11.2 Å². The predicted molar refractivity (Wildman–Crippen MR) is 107 cm³/mol. The number of amides is 3. The van der Waals surface area contributed by atoms with Crippen LogP contribution in [0.3, 0.4) is 0 Å². The van der Waals surface area contributed by atoms with E-state index in [2.05, 4.69) is 15.6 Å². The number of imide groups is 1. The Morgan fingerprint density at radius 3 is 2.71 bits per heavy atom. The molecular weight excluding hydrogens is 378 g/mol. The number of H-pyrrole nitrogens is 1. The number of thioether (sulfide) groups is 1. The molecule has 0 spiro atoms. The standard InChI is InChI=1S/C20H17N3O4S/c24-16-6-5-11(8-17-19(26)23-20(27)28-17)7-15(16)22-18(25)10-13-9-12-3-1-2-4-14(12)21-13/h1-7,9,17,21,24H,8,10H2,(H,22,25)(H,23,26,27). The number of nitrogens with one attached hydrogen (secondary N) is 3. The number of phenolic OH excluding ortho intramolecular Hbond substituents is 1. The zero-order valence-electron chi connectivity index (χ0n) is 14.7. The van der Waals surface area contributed by atoms with Gasteiger partial charge in [-0.2, -0.15) is 0 Å². The minimum absolute atomic E-state index is 0.0617. The van der Waals surface area contributed by atoms with Gasteiger partial charge in [0.1, 0.15) is 5.75 Å². The predicted octanol–water partition coefficient (Wildman–Crippen LogP) is 2.95. The number of aromatic nitrogens is 1. The van der Waals surface area contributed by atoms with E-state index in [9.17, 15) is 19.5 Å². The Morgan fingerprint density at radius 2 is 1.96 bits per heavy atom. The molecule has 1 aliphatic rings. The molecule has 1 unspecified atom stereocenters. The molecule has 7 nitrogen and oxygen atoms in total. The second kappa shape index (κ2) is 7.40. The van der Waals surface area contributed by atoms with Gasteiger partial charge < -0.3 is 15.4 Å². The fraction of sp³-hybridized carbons (Fsp3) is 0.150. The Bertz CT molecular complexity index is 1060. The number of carbonyl (C=O) groups is 3. The maximum absolute atomic E-state index is 12.4. The van der Waals surface area contributed by atoms with E-state index in [1.807, 2.05) is 30.3 Å². The summed E-state index contributed by atoms with van der Waals surface area (Å²) in [6.45, 7) is 0. The SMILES string of the molecule is O=C(Cc1cc2ccccc2[nH]1)Nc1cc(CC2SC(=O)NC2=O)ccc1O. The summed E-state index contributed by atoms with van der Waals surface area (Å²) in [6.07, 6.45) is 0.459. The van der Waals surface area contributed by atoms with Gasteiger partial charge >= 0.3 is 0 Å². The van der Waals surface area contributed by atoms with E-state index < -0.39 is 5.25 Å². The van der Waals surface area contributed by atoms with Gasteiger partial charge in [0.25, 0.3) is 5.24 Å². The van der Waals surface area contributed by atoms with Crippen molar-refractivity contribution in [3.05, 3.63) is 59.8 Å². The van der Waals surface area contributed by atoms with Crippen molar-refractivity contribution < 1.29 is 19.5 Å². The highest BCUT2D eigenvalue weighted by atomic mass is 32.2. The third-order valence-electron chi connectivity index (χ3n) is 4.46. The quantitative estimate of drug-likeness (QED) is 0.497. The number of aromatic hydroxyl groups is 1. The van der Waals surface area contributed by atoms with Gasteiger partial charge in [-0.1, -0.05) is 36.0 Å². The highest BCUT2D eigenvalue weighted by Gasteiger charge is 2.31. The van der Waals surface area contributed by atoms with Crippen LogP contribution < -0.4 is 10.6 Å². The molecule has 3 amide bonds. The van der Waals surface area contributed by atoms with Gasteiger partial charge in [0.15, 0.2) is 0 Å². The molecule has 0 bridgehead atoms. The van der Waals surface area contributed by atoms with Crippen LogP contribution in [0.15, 0.2) is 48.5 Å². The monoisotopic (exact) mass is 395 g/mol. The molecule has 4 N–H and O–H groups in total. The van der Waals surface area contributed by atoms with Gasteiger partial charge in [-0.15, -0.1) is 0 Å². The van der Waals surface area contributed by atoms with E-state index >= 15 is 0 Å². The van der Waals surface area contributed by atoms with Crippen molar-refractivity contribution in [2.45, 2.75) is 18.1 Å². The van der Waals surface area contributed by atoms with Gasteiger partial charge in [-0.25, -0.2) is 0 Å². The third kappa shape index (κ3) is 3.86. The molecule has 1 aromatic heterocycles. The molecule has 0 aliphatic carbocycles. The number of hydrogen-bond donors (Lipinski definition) is 4. The zero-order chi connectivity index (χ0) is 19.7. The van der Waals surface area contributed by atoms with Gasteiger partial charge in [-0.05, 0) is 41.6 Å². The number of anilines is 1. The minimum Gasteiger partial charge on any atom is -0.506 e. The zero-order valence-corrected chi connectivity index (χ0v) is 15.5. The summed E-state index contributed by atoms with van der Waals surface area (Å²) in [5.74, 6) is -0.664. The third-order valence-corrected chi connectivity index (χ3v) is 5.44. The van der Waals surface area contributed by atoms with Crippen molar-refractivity contribution in [2.24, 2.45) is 0 Å². The van der Waals surface area contributed by atoms with E-state index in [0.29, 0.717) is 6.42 Å². The summed E-state index contributed by atoms with van der Waals surface area (Å²) in [5, 5.41) is 15.2. The lowest BCUT2D eigenvalue weighted by Crippen LogP contribution is -2.25. The lowest BCUT2D eigenvalue weighted by molar-refractivity contribution is -0.119. The first-order valence-electron chi connectivity index (χ1n) is 8.68. The van der Waals surface area contributed by atoms with Crippen LogP contribution in [-0.2, 0) is 22.4 Å². The average Bonchev–Trinajstić information content (AvgIpc) is 3.19. The maximum atomic E-state index is 12.4. The van der Waals surface area contributed by atoms with Crippen LogP contribution >= 0.6 is 11.8 Å². The largest absolute Gasteiger partial charge is 0.506 e. The van der Waals surface area contributed by atoms with E-state index in [0.717, 1.165) is 33.9 Å². The van der Waals surface area contributed by atoms with Gasteiger partial charge in [0.2, 0.25) is 11.8 Å². The lowest BCUT2D eigenvalue weighted by atomic mass is 10.1. The fourth-order valence-corrected chi connectivity index (χ4v) is 4.01. The van der Waals surface area contributed by atoms with Crippen LogP contribution in [0.2, 0.25) is 0 Å². The number of aromatic amines is 1. The smallest absolute Gasteiger partial charge is 0.286 e. The summed E-state index contributed by atoms with van der Waals surface area (Å²) in [7, 11) is 0. The molecule has 0 saturated carbocycles. The molecule has 1 aliphatic heterocycles. The van der Waals surface area contributed by atoms with Crippen LogP contribution in [0.4, 0.5) is 10.5 Å². The highest BCUT2D eigenvalue weighted by Crippen LogP contribution is 2.28. The molecule has 142 valence electrons. The van der Waals surface area contributed by atoms with Crippen molar-refractivity contribution >= 4 is 45.4 Å². The Kier molecular flexibility index (Phi) is 4.79. The van der Waals surface area contributed by atoms with Crippen LogP contribution in [0.25, 0.3) is 10.9 Å². The molecule has 1 atom stereocenters. The molecule has 2 aromatic carbocycles. The van der Waals surface area contributed by atoms with Gasteiger partial charge in [-0.3, -0.25) is 19.7 Å². The van der Waals surface area contributed by atoms with Crippen LogP contribution in [0.1, 0.15) is 11.3 Å². The molecule has 4 rings (SSSR count). The van der Waals surface area contributed by atoms with Crippen LogP contribution in [-0.4, -0.2) is 32.4 Å². The first kappa shape index (κ1) is 18.1. The Balaban J connectivity index is 1.45. The number of fused-ring (bicyclic) bond motifs is 1. The number of para-hydroxylation sites is 1. The summed E-state index contributed by atoms with van der Waals surface area (Å²) >= 11 is 0.943. The van der Waals surface area contributed by atoms with E-state index in [1.54, 1.807) is 12.1 Å². The Hall–Kier alpha value is -3.26. The first-order chi connectivity index (χ1) is 13.5. The molecule has 28 heavy (non-hydrogen) atoms. The molecule has 1 fully saturated rings. The summed E-state index contributed by atoms with van der Waals surface area (Å²) in [4.78, 5) is 38.6. The molecule has 3 aromatic rings. The number of rotatable bonds is 5. The second-order valence-electron chi connectivity index (χ2n) is 6.55. The van der Waals surface area contributed by atoms with E-state index in [4.69, 9.17) is 0 Å². The average molecular weight is 395 g/mol. The number of benzene rings is 2. The van der Waals surface area contributed by atoms with Crippen molar-refractivity contribution in [3.8, 4) is 5.75 Å². The van der Waals surface area contributed by atoms with Crippen LogP contribution in [0, 0.1) is 0 Å². The first-order valence-corrected chi connectivity index (χ1v) is 9.56. The highest BCUT2D eigenvalue weighted by molar-refractivity contribution is 8.15. The lowest BCUT2D eigenvalue weighted by Gasteiger charge is -2.11. The number of carbonyl (C=O) groups excluding carboxylic acids is 3. The molecular formula is C20H17N3O4S. The number of phenols is 1. The Morgan fingerprint density at radius 1 is 1.14 bits per heavy atom. The number of hydrogen-bond acceptors (Lipinski definition) is 5. The molecule has 0 radical (unpaired) electrons. The summed E-state index contributed by atoms with van der Waals surface area (Å²) in [5.41, 5.74) is 2.73. The molecule has 8 heteroatoms. The summed E-state index contributed by atoms with van der Waals surface area (Å²) < 4.78 is 0. The Labute approximate surface area is 164 Å². The van der Waals surface area contributed by atoms with Gasteiger partial charge in [0.05, 0.1) is 17.4 Å². The van der Waals surface area contributed by atoms with E-state index in [1.165, 1.54) is 6.07 Å². The van der Waals surface area contributed by atoms with Crippen molar-refractivity contribution in [1.82, 2.24) is 10.3 Å². The van der Waals surface area contributed by atoms with Crippen molar-refractivity contribution in [3.63, 3.8) is 0 Å². The van der Waals surface area contributed by atoms with Crippen molar-refractivity contribution in [2.75, 3.05) is 5.32 Å².